The first-order valence-electron chi connectivity index (χ1n) is 6.07. The predicted octanol–water partition coefficient (Wildman–Crippen LogP) is 1.91. The fraction of sp³-hybridized carbons (Fsp3) is 0.538. The molecule has 2 rings (SSSR count). The third-order valence-corrected chi connectivity index (χ3v) is 5.83. The predicted molar refractivity (Wildman–Crippen MR) is 69.6 cm³/mol. The van der Waals surface area contributed by atoms with Gasteiger partial charge in [0.25, 0.3) is 0 Å². The fourth-order valence-electron chi connectivity index (χ4n) is 2.60. The van der Waals surface area contributed by atoms with Gasteiger partial charge in [-0.3, -0.25) is 0 Å². The van der Waals surface area contributed by atoms with Crippen LogP contribution < -0.4 is 5.32 Å². The first-order chi connectivity index (χ1) is 8.04. The van der Waals surface area contributed by atoms with Crippen molar-refractivity contribution in [2.24, 2.45) is 0 Å². The number of sulfone groups is 1. The normalized spacial score (nSPS) is 32.2. The third kappa shape index (κ3) is 2.53. The molecule has 1 saturated heterocycles. The minimum Gasteiger partial charge on any atom is -0.305 e. The van der Waals surface area contributed by atoms with Crippen LogP contribution in [0.3, 0.4) is 0 Å². The lowest BCUT2D eigenvalue weighted by Gasteiger charge is -2.35. The number of hydrogen-bond acceptors (Lipinski definition) is 3. The van der Waals surface area contributed by atoms with Crippen LogP contribution in [0.4, 0.5) is 0 Å². The zero-order chi connectivity index (χ0) is 12.5. The lowest BCUT2D eigenvalue weighted by molar-refractivity contribution is 0.412. The number of benzene rings is 1. The third-order valence-electron chi connectivity index (χ3n) is 3.34. The van der Waals surface area contributed by atoms with Gasteiger partial charge in [0.2, 0.25) is 0 Å². The molecule has 0 aliphatic carbocycles. The number of nitrogens with one attached hydrogen (secondary N) is 1. The van der Waals surface area contributed by atoms with E-state index in [4.69, 9.17) is 0 Å². The van der Waals surface area contributed by atoms with Crippen LogP contribution in [0.5, 0.6) is 0 Å². The van der Waals surface area contributed by atoms with Gasteiger partial charge in [0, 0.05) is 12.1 Å². The summed E-state index contributed by atoms with van der Waals surface area (Å²) < 4.78 is 24.3. The highest BCUT2D eigenvalue weighted by atomic mass is 32.2. The lowest BCUT2D eigenvalue weighted by Crippen LogP contribution is -2.51. The minimum atomic E-state index is -2.98. The Morgan fingerprint density at radius 3 is 2.53 bits per heavy atom. The van der Waals surface area contributed by atoms with E-state index in [0.29, 0.717) is 6.42 Å². The second-order valence-electron chi connectivity index (χ2n) is 4.73. The molecule has 4 heteroatoms. The van der Waals surface area contributed by atoms with Gasteiger partial charge in [0.1, 0.15) is 0 Å². The fourth-order valence-corrected chi connectivity index (χ4v) is 4.80. The quantitative estimate of drug-likeness (QED) is 0.876. The van der Waals surface area contributed by atoms with Gasteiger partial charge in [-0.05, 0) is 18.9 Å². The molecule has 1 aromatic rings. The molecule has 1 aliphatic rings. The van der Waals surface area contributed by atoms with Gasteiger partial charge < -0.3 is 5.32 Å². The Morgan fingerprint density at radius 1 is 1.29 bits per heavy atom. The molecule has 1 N–H and O–H groups in total. The molecule has 3 atom stereocenters. The molecule has 1 fully saturated rings. The highest BCUT2D eigenvalue weighted by Gasteiger charge is 2.39. The summed E-state index contributed by atoms with van der Waals surface area (Å²) in [7, 11) is -2.98. The summed E-state index contributed by atoms with van der Waals surface area (Å²) in [5, 5.41) is 3.11. The average molecular weight is 253 g/mol. The molecule has 94 valence electrons. The van der Waals surface area contributed by atoms with E-state index in [1.165, 1.54) is 0 Å². The van der Waals surface area contributed by atoms with Gasteiger partial charge in [-0.15, -0.1) is 0 Å². The van der Waals surface area contributed by atoms with Gasteiger partial charge in [-0.25, -0.2) is 8.42 Å². The SMILES string of the molecule is CCC1C(c2ccccc2)NC(C)CS1(=O)=O. The van der Waals surface area contributed by atoms with Crippen LogP contribution in [0.1, 0.15) is 31.9 Å². The molecule has 17 heavy (non-hydrogen) atoms. The molecule has 3 unspecified atom stereocenters. The van der Waals surface area contributed by atoms with Crippen molar-refractivity contribution in [2.75, 3.05) is 5.75 Å². The van der Waals surface area contributed by atoms with Crippen LogP contribution in [-0.4, -0.2) is 25.5 Å². The van der Waals surface area contributed by atoms with Gasteiger partial charge >= 0.3 is 0 Å². The molecule has 3 nitrogen and oxygen atoms in total. The Hall–Kier alpha value is -0.870. The maximum Gasteiger partial charge on any atom is 0.156 e. The maximum atomic E-state index is 12.2. The zero-order valence-corrected chi connectivity index (χ0v) is 11.1. The van der Waals surface area contributed by atoms with Crippen LogP contribution in [0.15, 0.2) is 30.3 Å². The second kappa shape index (κ2) is 4.78. The second-order valence-corrected chi connectivity index (χ2v) is 7.00. The van der Waals surface area contributed by atoms with Crippen molar-refractivity contribution in [3.8, 4) is 0 Å². The molecular formula is C13H19NO2S. The molecule has 0 amide bonds. The van der Waals surface area contributed by atoms with E-state index in [-0.39, 0.29) is 23.1 Å². The van der Waals surface area contributed by atoms with Crippen LogP contribution in [0, 0.1) is 0 Å². The summed E-state index contributed by atoms with van der Waals surface area (Å²) in [5.41, 5.74) is 1.06. The number of hydrogen-bond donors (Lipinski definition) is 1. The van der Waals surface area contributed by atoms with Crippen molar-refractivity contribution in [3.05, 3.63) is 35.9 Å². The summed E-state index contributed by atoms with van der Waals surface area (Å²) in [5.74, 6) is 0.245. The molecule has 0 bridgehead atoms. The van der Waals surface area contributed by atoms with E-state index in [2.05, 4.69) is 5.32 Å². The lowest BCUT2D eigenvalue weighted by atomic mass is 10.0. The van der Waals surface area contributed by atoms with Crippen molar-refractivity contribution in [1.29, 1.82) is 0 Å². The van der Waals surface area contributed by atoms with E-state index in [1.54, 1.807) is 0 Å². The van der Waals surface area contributed by atoms with Crippen LogP contribution in [-0.2, 0) is 9.84 Å². The molecule has 0 radical (unpaired) electrons. The Balaban J connectivity index is 2.38. The summed E-state index contributed by atoms with van der Waals surface area (Å²) in [6.07, 6.45) is 0.654. The first kappa shape index (κ1) is 12.6. The van der Waals surface area contributed by atoms with Crippen LogP contribution >= 0.6 is 0 Å². The van der Waals surface area contributed by atoms with Gasteiger partial charge in [-0.1, -0.05) is 37.3 Å². The summed E-state index contributed by atoms with van der Waals surface area (Å²) in [6, 6.07) is 9.79. The van der Waals surface area contributed by atoms with Crippen LogP contribution in [0.2, 0.25) is 0 Å². The van der Waals surface area contributed by atoms with Crippen molar-refractivity contribution >= 4 is 9.84 Å². The summed E-state index contributed by atoms with van der Waals surface area (Å²) >= 11 is 0. The summed E-state index contributed by atoms with van der Waals surface area (Å²) in [4.78, 5) is 0. The van der Waals surface area contributed by atoms with Crippen molar-refractivity contribution in [1.82, 2.24) is 5.32 Å². The monoisotopic (exact) mass is 253 g/mol. The largest absolute Gasteiger partial charge is 0.305 e. The van der Waals surface area contributed by atoms with E-state index < -0.39 is 9.84 Å². The smallest absolute Gasteiger partial charge is 0.156 e. The topological polar surface area (TPSA) is 46.2 Å². The van der Waals surface area contributed by atoms with Gasteiger partial charge in [0.05, 0.1) is 11.0 Å². The molecule has 1 heterocycles. The Labute approximate surface area is 103 Å². The molecule has 1 aliphatic heterocycles. The molecule has 1 aromatic carbocycles. The standard InChI is InChI=1S/C13H19NO2S/c1-3-12-13(11-7-5-4-6-8-11)14-10(2)9-17(12,15)16/h4-8,10,12-14H,3,9H2,1-2H3. The highest BCUT2D eigenvalue weighted by Crippen LogP contribution is 2.29. The van der Waals surface area contributed by atoms with Crippen molar-refractivity contribution in [3.63, 3.8) is 0 Å². The summed E-state index contributed by atoms with van der Waals surface area (Å²) in [6.45, 7) is 3.87. The Kier molecular flexibility index (Phi) is 3.54. The number of rotatable bonds is 2. The van der Waals surface area contributed by atoms with E-state index in [1.807, 2.05) is 44.2 Å². The minimum absolute atomic E-state index is 0.0213. The van der Waals surface area contributed by atoms with E-state index in [9.17, 15) is 8.42 Å². The first-order valence-corrected chi connectivity index (χ1v) is 7.78. The zero-order valence-electron chi connectivity index (χ0n) is 10.3. The highest BCUT2D eigenvalue weighted by molar-refractivity contribution is 7.92. The Morgan fingerprint density at radius 2 is 1.94 bits per heavy atom. The van der Waals surface area contributed by atoms with Gasteiger partial charge in [-0.2, -0.15) is 0 Å². The van der Waals surface area contributed by atoms with Crippen LogP contribution in [0.25, 0.3) is 0 Å². The van der Waals surface area contributed by atoms with E-state index >= 15 is 0 Å². The molecule has 0 saturated carbocycles. The van der Waals surface area contributed by atoms with Crippen molar-refractivity contribution < 1.29 is 8.42 Å². The van der Waals surface area contributed by atoms with Crippen molar-refractivity contribution in [2.45, 2.75) is 37.6 Å². The van der Waals surface area contributed by atoms with Gasteiger partial charge in [0.15, 0.2) is 9.84 Å². The maximum absolute atomic E-state index is 12.2. The van der Waals surface area contributed by atoms with E-state index in [0.717, 1.165) is 5.56 Å². The molecular weight excluding hydrogens is 234 g/mol. The molecule has 0 aromatic heterocycles. The Bertz CT molecular complexity index is 469. The average Bonchev–Trinajstić information content (AvgIpc) is 2.28. The molecule has 0 spiro atoms.